The first-order chi connectivity index (χ1) is 8.43. The molecule has 0 aliphatic carbocycles. The van der Waals surface area contributed by atoms with Gasteiger partial charge in [0.1, 0.15) is 5.54 Å². The van der Waals surface area contributed by atoms with Crippen LogP contribution in [0.1, 0.15) is 26.3 Å². The molecule has 1 atom stereocenters. The standard InChI is InChI=1S/C14H21NO2S/c1-10(2)15-14(3,13(16)17-4)11-6-8-12(18-5)9-7-11/h6-10,15H,1-5H3. The van der Waals surface area contributed by atoms with Crippen LogP contribution in [-0.2, 0) is 15.1 Å². The Kier molecular flexibility index (Phi) is 5.23. The number of carbonyl (C=O) groups excluding carboxylic acids is 1. The van der Waals surface area contributed by atoms with Gasteiger partial charge in [-0.2, -0.15) is 0 Å². The van der Waals surface area contributed by atoms with E-state index in [9.17, 15) is 4.79 Å². The van der Waals surface area contributed by atoms with Crippen molar-refractivity contribution in [2.75, 3.05) is 13.4 Å². The van der Waals surface area contributed by atoms with Crippen LogP contribution in [0.3, 0.4) is 0 Å². The summed E-state index contributed by atoms with van der Waals surface area (Å²) in [7, 11) is 1.42. The number of methoxy groups -OCH3 is 1. The minimum atomic E-state index is -0.806. The van der Waals surface area contributed by atoms with E-state index in [0.29, 0.717) is 0 Å². The molecule has 0 saturated heterocycles. The third-order valence-corrected chi connectivity index (χ3v) is 3.58. The third kappa shape index (κ3) is 3.27. The average Bonchev–Trinajstić information content (AvgIpc) is 2.36. The molecule has 0 bridgehead atoms. The van der Waals surface area contributed by atoms with Crippen LogP contribution in [0.5, 0.6) is 0 Å². The summed E-state index contributed by atoms with van der Waals surface area (Å²) < 4.78 is 4.92. The summed E-state index contributed by atoms with van der Waals surface area (Å²) in [4.78, 5) is 13.2. The van der Waals surface area contributed by atoms with E-state index in [-0.39, 0.29) is 12.0 Å². The van der Waals surface area contributed by atoms with Gasteiger partial charge in [-0.15, -0.1) is 11.8 Å². The van der Waals surface area contributed by atoms with Crippen molar-refractivity contribution >= 4 is 17.7 Å². The number of esters is 1. The van der Waals surface area contributed by atoms with Crippen molar-refractivity contribution in [2.24, 2.45) is 0 Å². The zero-order valence-corrected chi connectivity index (χ0v) is 12.4. The molecule has 4 heteroatoms. The van der Waals surface area contributed by atoms with E-state index in [2.05, 4.69) is 5.32 Å². The Morgan fingerprint density at radius 3 is 2.28 bits per heavy atom. The first kappa shape index (κ1) is 15.1. The highest BCUT2D eigenvalue weighted by atomic mass is 32.2. The normalized spacial score (nSPS) is 14.3. The lowest BCUT2D eigenvalue weighted by atomic mass is 9.91. The second kappa shape index (κ2) is 6.25. The molecule has 0 aliphatic heterocycles. The van der Waals surface area contributed by atoms with Gasteiger partial charge in [0.2, 0.25) is 0 Å². The number of ether oxygens (including phenoxy) is 1. The fourth-order valence-corrected chi connectivity index (χ4v) is 2.37. The van der Waals surface area contributed by atoms with E-state index < -0.39 is 5.54 Å². The molecule has 0 amide bonds. The summed E-state index contributed by atoms with van der Waals surface area (Å²) in [5.41, 5.74) is 0.112. The van der Waals surface area contributed by atoms with E-state index in [1.807, 2.05) is 51.3 Å². The fraction of sp³-hybridized carbons (Fsp3) is 0.500. The van der Waals surface area contributed by atoms with Crippen LogP contribution in [0.2, 0.25) is 0 Å². The summed E-state index contributed by atoms with van der Waals surface area (Å²) >= 11 is 1.68. The number of rotatable bonds is 5. The molecule has 1 aromatic carbocycles. The number of carbonyl (C=O) groups is 1. The SMILES string of the molecule is COC(=O)C(C)(NC(C)C)c1ccc(SC)cc1. The number of hydrogen-bond acceptors (Lipinski definition) is 4. The predicted octanol–water partition coefficient (Wildman–Crippen LogP) is 2.79. The molecule has 0 aliphatic rings. The van der Waals surface area contributed by atoms with Crippen LogP contribution in [0.15, 0.2) is 29.2 Å². The van der Waals surface area contributed by atoms with E-state index in [1.54, 1.807) is 11.8 Å². The molecular weight excluding hydrogens is 246 g/mol. The average molecular weight is 267 g/mol. The molecule has 0 radical (unpaired) electrons. The van der Waals surface area contributed by atoms with Crippen molar-refractivity contribution in [2.45, 2.75) is 37.2 Å². The topological polar surface area (TPSA) is 38.3 Å². The summed E-state index contributed by atoms with van der Waals surface area (Å²) in [6.45, 7) is 5.88. The van der Waals surface area contributed by atoms with Gasteiger partial charge in [0.05, 0.1) is 7.11 Å². The van der Waals surface area contributed by atoms with Crippen molar-refractivity contribution in [1.82, 2.24) is 5.32 Å². The van der Waals surface area contributed by atoms with Gasteiger partial charge >= 0.3 is 5.97 Å². The predicted molar refractivity (Wildman–Crippen MR) is 75.9 cm³/mol. The highest BCUT2D eigenvalue weighted by Gasteiger charge is 2.36. The van der Waals surface area contributed by atoms with Crippen molar-refractivity contribution in [1.29, 1.82) is 0 Å². The minimum Gasteiger partial charge on any atom is -0.467 e. The smallest absolute Gasteiger partial charge is 0.330 e. The molecular formula is C14H21NO2S. The summed E-state index contributed by atoms with van der Waals surface area (Å²) in [5, 5.41) is 3.28. The Bertz CT molecular complexity index is 403. The largest absolute Gasteiger partial charge is 0.467 e. The van der Waals surface area contributed by atoms with Gasteiger partial charge in [-0.25, -0.2) is 4.79 Å². The lowest BCUT2D eigenvalue weighted by Crippen LogP contribution is -2.50. The van der Waals surface area contributed by atoms with Crippen molar-refractivity contribution in [3.63, 3.8) is 0 Å². The molecule has 1 rings (SSSR count). The number of benzene rings is 1. The van der Waals surface area contributed by atoms with Gasteiger partial charge in [-0.3, -0.25) is 5.32 Å². The Hall–Kier alpha value is -1.00. The van der Waals surface area contributed by atoms with Gasteiger partial charge < -0.3 is 4.74 Å². The van der Waals surface area contributed by atoms with Gasteiger partial charge in [0, 0.05) is 10.9 Å². The van der Waals surface area contributed by atoms with Gasteiger partial charge in [0.25, 0.3) is 0 Å². The van der Waals surface area contributed by atoms with Crippen molar-refractivity contribution < 1.29 is 9.53 Å². The van der Waals surface area contributed by atoms with Crippen molar-refractivity contribution in [3.8, 4) is 0 Å². The lowest BCUT2D eigenvalue weighted by molar-refractivity contribution is -0.148. The highest BCUT2D eigenvalue weighted by Crippen LogP contribution is 2.25. The molecule has 100 valence electrons. The Balaban J connectivity index is 3.12. The molecule has 1 aromatic rings. The minimum absolute atomic E-state index is 0.189. The van der Waals surface area contributed by atoms with Crippen LogP contribution in [-0.4, -0.2) is 25.4 Å². The van der Waals surface area contributed by atoms with E-state index in [1.165, 1.54) is 12.0 Å². The Morgan fingerprint density at radius 1 is 1.33 bits per heavy atom. The van der Waals surface area contributed by atoms with Crippen LogP contribution in [0.4, 0.5) is 0 Å². The van der Waals surface area contributed by atoms with E-state index in [4.69, 9.17) is 4.74 Å². The van der Waals surface area contributed by atoms with E-state index >= 15 is 0 Å². The van der Waals surface area contributed by atoms with Gasteiger partial charge in [-0.1, -0.05) is 12.1 Å². The van der Waals surface area contributed by atoms with Gasteiger partial charge in [-0.05, 0) is 44.7 Å². The summed E-state index contributed by atoms with van der Waals surface area (Å²) in [5.74, 6) is -0.270. The van der Waals surface area contributed by atoms with Crippen molar-refractivity contribution in [3.05, 3.63) is 29.8 Å². The number of nitrogens with one attached hydrogen (secondary N) is 1. The molecule has 0 fully saturated rings. The number of hydrogen-bond donors (Lipinski definition) is 1. The first-order valence-electron chi connectivity index (χ1n) is 5.94. The van der Waals surface area contributed by atoms with Crippen LogP contribution in [0, 0.1) is 0 Å². The summed E-state index contributed by atoms with van der Waals surface area (Å²) in [6, 6.07) is 8.16. The molecule has 1 N–H and O–H groups in total. The Morgan fingerprint density at radius 2 is 1.89 bits per heavy atom. The lowest BCUT2D eigenvalue weighted by Gasteiger charge is -2.30. The maximum absolute atomic E-state index is 12.0. The maximum Gasteiger partial charge on any atom is 0.330 e. The molecule has 3 nitrogen and oxygen atoms in total. The monoisotopic (exact) mass is 267 g/mol. The fourth-order valence-electron chi connectivity index (χ4n) is 1.97. The molecule has 0 heterocycles. The zero-order valence-electron chi connectivity index (χ0n) is 11.6. The molecule has 18 heavy (non-hydrogen) atoms. The quantitative estimate of drug-likeness (QED) is 0.657. The second-order valence-electron chi connectivity index (χ2n) is 4.64. The Labute approximate surface area is 113 Å². The van der Waals surface area contributed by atoms with E-state index in [0.717, 1.165) is 5.56 Å². The maximum atomic E-state index is 12.0. The molecule has 0 saturated carbocycles. The van der Waals surface area contributed by atoms with Crippen LogP contribution < -0.4 is 5.32 Å². The van der Waals surface area contributed by atoms with Crippen LogP contribution >= 0.6 is 11.8 Å². The molecule has 0 aromatic heterocycles. The number of thioether (sulfide) groups is 1. The summed E-state index contributed by atoms with van der Waals surface area (Å²) in [6.07, 6.45) is 2.03. The molecule has 1 unspecified atom stereocenters. The van der Waals surface area contributed by atoms with Gasteiger partial charge in [0.15, 0.2) is 0 Å². The second-order valence-corrected chi connectivity index (χ2v) is 5.52. The third-order valence-electron chi connectivity index (χ3n) is 2.84. The zero-order chi connectivity index (χ0) is 13.8. The van der Waals surface area contributed by atoms with Crippen LogP contribution in [0.25, 0.3) is 0 Å². The highest BCUT2D eigenvalue weighted by molar-refractivity contribution is 7.98. The molecule has 0 spiro atoms. The first-order valence-corrected chi connectivity index (χ1v) is 7.17.